The van der Waals surface area contributed by atoms with Crippen molar-refractivity contribution in [3.63, 3.8) is 0 Å². The Kier molecular flexibility index (Phi) is 5.90. The van der Waals surface area contributed by atoms with Crippen LogP contribution in [0.2, 0.25) is 0 Å². The molecule has 0 aliphatic heterocycles. The van der Waals surface area contributed by atoms with Crippen molar-refractivity contribution < 1.29 is 4.74 Å². The molecule has 0 aromatic rings. The number of thioether (sulfide) groups is 1. The highest BCUT2D eigenvalue weighted by Crippen LogP contribution is 2.28. The summed E-state index contributed by atoms with van der Waals surface area (Å²) >= 11 is 2.01. The van der Waals surface area contributed by atoms with Crippen molar-refractivity contribution in [2.75, 3.05) is 20.0 Å². The Bertz CT molecular complexity index is 154. The van der Waals surface area contributed by atoms with Gasteiger partial charge in [0.1, 0.15) is 0 Å². The normalized spacial score (nSPS) is 29.4. The molecule has 1 rings (SSSR count). The van der Waals surface area contributed by atoms with E-state index in [1.165, 1.54) is 19.3 Å². The molecule has 0 spiro atoms. The molecule has 0 bridgehead atoms. The Morgan fingerprint density at radius 3 is 2.79 bits per heavy atom. The maximum atomic E-state index is 5.19. The van der Waals surface area contributed by atoms with Gasteiger partial charge in [0.25, 0.3) is 0 Å². The first kappa shape index (κ1) is 12.3. The van der Waals surface area contributed by atoms with Crippen LogP contribution in [0.15, 0.2) is 0 Å². The molecule has 84 valence electrons. The van der Waals surface area contributed by atoms with Crippen LogP contribution in [0.1, 0.15) is 32.6 Å². The lowest BCUT2D eigenvalue weighted by molar-refractivity contribution is 0.158. The van der Waals surface area contributed by atoms with Crippen LogP contribution < -0.4 is 5.32 Å². The molecule has 1 N–H and O–H groups in total. The molecule has 1 fully saturated rings. The largest absolute Gasteiger partial charge is 0.383 e. The van der Waals surface area contributed by atoms with Crippen molar-refractivity contribution in [3.8, 4) is 0 Å². The molecule has 0 aromatic heterocycles. The summed E-state index contributed by atoms with van der Waals surface area (Å²) < 4.78 is 5.19. The van der Waals surface area contributed by atoms with E-state index in [-0.39, 0.29) is 0 Å². The Morgan fingerprint density at radius 1 is 1.50 bits per heavy atom. The summed E-state index contributed by atoms with van der Waals surface area (Å²) in [6, 6.07) is 1.28. The zero-order valence-electron chi connectivity index (χ0n) is 9.58. The molecule has 3 atom stereocenters. The van der Waals surface area contributed by atoms with E-state index in [9.17, 15) is 0 Å². The fourth-order valence-electron chi connectivity index (χ4n) is 2.12. The number of ether oxygens (including phenoxy) is 1. The van der Waals surface area contributed by atoms with Crippen LogP contribution in [0, 0.1) is 0 Å². The summed E-state index contributed by atoms with van der Waals surface area (Å²) in [6.45, 7) is 3.06. The third kappa shape index (κ3) is 3.79. The van der Waals surface area contributed by atoms with Crippen LogP contribution in [0.5, 0.6) is 0 Å². The van der Waals surface area contributed by atoms with E-state index in [0.717, 1.165) is 24.3 Å². The summed E-state index contributed by atoms with van der Waals surface area (Å²) in [7, 11) is 1.78. The van der Waals surface area contributed by atoms with E-state index >= 15 is 0 Å². The first-order chi connectivity index (χ1) is 6.80. The number of methoxy groups -OCH3 is 1. The van der Waals surface area contributed by atoms with Gasteiger partial charge in [-0.05, 0) is 31.9 Å². The van der Waals surface area contributed by atoms with Gasteiger partial charge >= 0.3 is 0 Å². The van der Waals surface area contributed by atoms with Crippen LogP contribution in [0.4, 0.5) is 0 Å². The molecule has 1 saturated carbocycles. The van der Waals surface area contributed by atoms with Crippen molar-refractivity contribution in [2.45, 2.75) is 49.9 Å². The SMILES string of the molecule is CC[C@H](COC)N[C@H]1CC[C@H](SC)C1. The molecule has 0 aromatic carbocycles. The van der Waals surface area contributed by atoms with E-state index in [4.69, 9.17) is 4.74 Å². The van der Waals surface area contributed by atoms with Crippen molar-refractivity contribution in [1.82, 2.24) is 5.32 Å². The highest BCUT2D eigenvalue weighted by Gasteiger charge is 2.25. The third-order valence-corrected chi connectivity index (χ3v) is 4.14. The molecular weight excluding hydrogens is 194 g/mol. The number of hydrogen-bond acceptors (Lipinski definition) is 3. The first-order valence-corrected chi connectivity index (χ1v) is 6.86. The zero-order valence-corrected chi connectivity index (χ0v) is 10.4. The fourth-order valence-corrected chi connectivity index (χ4v) is 2.92. The molecule has 2 nitrogen and oxygen atoms in total. The summed E-state index contributed by atoms with van der Waals surface area (Å²) in [6.07, 6.45) is 7.43. The van der Waals surface area contributed by atoms with Crippen LogP contribution >= 0.6 is 11.8 Å². The molecule has 0 amide bonds. The van der Waals surface area contributed by atoms with Crippen molar-refractivity contribution in [3.05, 3.63) is 0 Å². The lowest BCUT2D eigenvalue weighted by Gasteiger charge is -2.21. The average molecular weight is 217 g/mol. The number of rotatable bonds is 6. The zero-order chi connectivity index (χ0) is 10.4. The Labute approximate surface area is 92.2 Å². The number of nitrogens with one attached hydrogen (secondary N) is 1. The standard InChI is InChI=1S/C11H23NOS/c1-4-9(8-13-2)12-10-5-6-11(7-10)14-3/h9-12H,4-8H2,1-3H3/t9-,10+,11+/m1/s1. The van der Waals surface area contributed by atoms with E-state index in [1.54, 1.807) is 7.11 Å². The van der Waals surface area contributed by atoms with Crippen LogP contribution in [-0.2, 0) is 4.74 Å². The maximum absolute atomic E-state index is 5.19. The third-order valence-electron chi connectivity index (χ3n) is 3.05. The van der Waals surface area contributed by atoms with Crippen molar-refractivity contribution in [1.29, 1.82) is 0 Å². The highest BCUT2D eigenvalue weighted by atomic mass is 32.2. The molecule has 0 saturated heterocycles. The lowest BCUT2D eigenvalue weighted by atomic mass is 10.2. The van der Waals surface area contributed by atoms with Gasteiger partial charge in [0.2, 0.25) is 0 Å². The van der Waals surface area contributed by atoms with Gasteiger partial charge in [-0.15, -0.1) is 0 Å². The molecular formula is C11H23NOS. The van der Waals surface area contributed by atoms with Crippen LogP contribution in [0.25, 0.3) is 0 Å². The van der Waals surface area contributed by atoms with Gasteiger partial charge in [0.15, 0.2) is 0 Å². The van der Waals surface area contributed by atoms with Gasteiger partial charge in [0.05, 0.1) is 6.61 Å². The van der Waals surface area contributed by atoms with Gasteiger partial charge in [-0.2, -0.15) is 11.8 Å². The van der Waals surface area contributed by atoms with Gasteiger partial charge in [-0.3, -0.25) is 0 Å². The fraction of sp³-hybridized carbons (Fsp3) is 1.00. The quantitative estimate of drug-likeness (QED) is 0.737. The monoisotopic (exact) mass is 217 g/mol. The van der Waals surface area contributed by atoms with E-state index < -0.39 is 0 Å². The molecule has 1 aliphatic rings. The second-order valence-corrected chi connectivity index (χ2v) is 5.23. The van der Waals surface area contributed by atoms with E-state index in [2.05, 4.69) is 18.5 Å². The summed E-state index contributed by atoms with van der Waals surface area (Å²) in [5.41, 5.74) is 0. The van der Waals surface area contributed by atoms with E-state index in [0.29, 0.717) is 6.04 Å². The minimum atomic E-state index is 0.547. The second-order valence-electron chi connectivity index (χ2n) is 4.09. The predicted octanol–water partition coefficient (Wildman–Crippen LogP) is 2.29. The lowest BCUT2D eigenvalue weighted by Crippen LogP contribution is -2.39. The first-order valence-electron chi connectivity index (χ1n) is 5.57. The smallest absolute Gasteiger partial charge is 0.0615 e. The Balaban J connectivity index is 2.22. The van der Waals surface area contributed by atoms with Crippen molar-refractivity contribution >= 4 is 11.8 Å². The van der Waals surface area contributed by atoms with Crippen LogP contribution in [0.3, 0.4) is 0 Å². The molecule has 0 unspecified atom stereocenters. The average Bonchev–Trinajstić information content (AvgIpc) is 2.65. The minimum absolute atomic E-state index is 0.547. The maximum Gasteiger partial charge on any atom is 0.0615 e. The second kappa shape index (κ2) is 6.70. The summed E-state index contributed by atoms with van der Waals surface area (Å²) in [4.78, 5) is 0. The molecule has 3 heteroatoms. The Hall–Kier alpha value is 0.270. The topological polar surface area (TPSA) is 21.3 Å². The number of hydrogen-bond donors (Lipinski definition) is 1. The van der Waals surface area contributed by atoms with Gasteiger partial charge in [0, 0.05) is 24.4 Å². The Morgan fingerprint density at radius 2 is 2.29 bits per heavy atom. The van der Waals surface area contributed by atoms with Gasteiger partial charge in [-0.25, -0.2) is 0 Å². The summed E-state index contributed by atoms with van der Waals surface area (Å²) in [5.74, 6) is 0. The van der Waals surface area contributed by atoms with Crippen molar-refractivity contribution in [2.24, 2.45) is 0 Å². The highest BCUT2D eigenvalue weighted by molar-refractivity contribution is 7.99. The van der Waals surface area contributed by atoms with Gasteiger partial charge < -0.3 is 10.1 Å². The van der Waals surface area contributed by atoms with Gasteiger partial charge in [-0.1, -0.05) is 6.92 Å². The molecule has 0 radical (unpaired) electrons. The molecule has 1 aliphatic carbocycles. The van der Waals surface area contributed by atoms with E-state index in [1.807, 2.05) is 11.8 Å². The summed E-state index contributed by atoms with van der Waals surface area (Å²) in [5, 5.41) is 4.57. The minimum Gasteiger partial charge on any atom is -0.383 e. The molecule has 14 heavy (non-hydrogen) atoms. The molecule has 0 heterocycles. The van der Waals surface area contributed by atoms with Crippen LogP contribution in [-0.4, -0.2) is 37.3 Å². The predicted molar refractivity (Wildman–Crippen MR) is 64.0 cm³/mol.